The van der Waals surface area contributed by atoms with Gasteiger partial charge in [-0.2, -0.15) is 0 Å². The molecule has 90 valence electrons. The average molecular weight is 215 g/mol. The summed E-state index contributed by atoms with van der Waals surface area (Å²) in [6.45, 7) is 10.6. The summed E-state index contributed by atoms with van der Waals surface area (Å²) in [5.41, 5.74) is 4.72. The van der Waals surface area contributed by atoms with Gasteiger partial charge in [-0.1, -0.05) is 27.2 Å². The first-order valence-electron chi connectivity index (χ1n) is 5.65. The van der Waals surface area contributed by atoms with Crippen molar-refractivity contribution in [3.8, 4) is 0 Å². The largest absolute Gasteiger partial charge is 0.376 e. The van der Waals surface area contributed by atoms with E-state index >= 15 is 0 Å². The number of rotatable bonds is 7. The molecule has 1 amide bonds. The van der Waals surface area contributed by atoms with Gasteiger partial charge in [-0.25, -0.2) is 0 Å². The summed E-state index contributed by atoms with van der Waals surface area (Å²) >= 11 is 0. The molecule has 2 N–H and O–H groups in total. The van der Waals surface area contributed by atoms with Gasteiger partial charge in [-0.05, 0) is 26.7 Å². The van der Waals surface area contributed by atoms with Crippen LogP contribution in [0, 0.1) is 5.41 Å². The Morgan fingerprint density at radius 1 is 1.20 bits per heavy atom. The zero-order valence-corrected chi connectivity index (χ0v) is 10.7. The minimum Gasteiger partial charge on any atom is -0.376 e. The molecule has 0 saturated heterocycles. The normalized spacial score (nSPS) is 12.9. The van der Waals surface area contributed by atoms with Crippen molar-refractivity contribution < 1.29 is 9.53 Å². The summed E-state index contributed by atoms with van der Waals surface area (Å²) in [4.78, 5) is 11.1. The molecule has 0 aliphatic rings. The lowest BCUT2D eigenvalue weighted by Gasteiger charge is -2.27. The van der Waals surface area contributed by atoms with Crippen molar-refractivity contribution in [2.45, 2.75) is 59.5 Å². The van der Waals surface area contributed by atoms with Gasteiger partial charge < -0.3 is 10.5 Å². The van der Waals surface area contributed by atoms with E-state index in [4.69, 9.17) is 10.5 Å². The van der Waals surface area contributed by atoms with Gasteiger partial charge in [0.2, 0.25) is 5.91 Å². The lowest BCUT2D eigenvalue weighted by molar-refractivity contribution is -0.128. The summed E-state index contributed by atoms with van der Waals surface area (Å²) < 4.78 is 5.75. The van der Waals surface area contributed by atoms with Crippen molar-refractivity contribution in [3.05, 3.63) is 0 Å². The molecule has 0 aliphatic heterocycles. The van der Waals surface area contributed by atoms with E-state index in [9.17, 15) is 4.79 Å². The minimum absolute atomic E-state index is 0.0948. The first-order valence-corrected chi connectivity index (χ1v) is 5.65. The highest BCUT2D eigenvalue weighted by Crippen LogP contribution is 2.22. The zero-order valence-electron chi connectivity index (χ0n) is 10.7. The Labute approximate surface area is 93.4 Å². The van der Waals surface area contributed by atoms with Crippen LogP contribution in [0.5, 0.6) is 0 Å². The topological polar surface area (TPSA) is 52.3 Å². The van der Waals surface area contributed by atoms with Crippen molar-refractivity contribution in [2.24, 2.45) is 11.1 Å². The number of carbonyl (C=O) groups excluding carboxylic acids is 1. The lowest BCUT2D eigenvalue weighted by atomic mass is 9.89. The quantitative estimate of drug-likeness (QED) is 0.709. The highest BCUT2D eigenvalue weighted by molar-refractivity contribution is 5.79. The molecule has 0 heterocycles. The molecule has 0 unspecified atom stereocenters. The van der Waals surface area contributed by atoms with Crippen LogP contribution in [0.25, 0.3) is 0 Å². The minimum atomic E-state index is -0.470. The lowest BCUT2D eigenvalue weighted by Crippen LogP contribution is -2.34. The van der Waals surface area contributed by atoms with Crippen molar-refractivity contribution >= 4 is 5.91 Å². The Balaban J connectivity index is 3.93. The number of carbonyl (C=O) groups is 1. The molecule has 0 fully saturated rings. The number of hydrogen-bond acceptors (Lipinski definition) is 2. The Morgan fingerprint density at radius 3 is 2.13 bits per heavy atom. The van der Waals surface area contributed by atoms with Crippen LogP contribution in [0.3, 0.4) is 0 Å². The molecule has 0 atom stereocenters. The Hall–Kier alpha value is -0.570. The Bertz CT molecular complexity index is 210. The highest BCUT2D eigenvalue weighted by atomic mass is 16.5. The average Bonchev–Trinajstić information content (AvgIpc) is 2.02. The van der Waals surface area contributed by atoms with Gasteiger partial charge in [-0.3, -0.25) is 4.79 Å². The third-order valence-corrected chi connectivity index (χ3v) is 2.74. The molecule has 0 bridgehead atoms. The molecule has 0 aromatic rings. The molecule has 0 spiro atoms. The SMILES string of the molecule is CCCC(C)(C)OCCC(C)(C)C(N)=O. The highest BCUT2D eigenvalue weighted by Gasteiger charge is 2.26. The smallest absolute Gasteiger partial charge is 0.223 e. The van der Waals surface area contributed by atoms with Gasteiger partial charge >= 0.3 is 0 Å². The molecule has 15 heavy (non-hydrogen) atoms. The monoisotopic (exact) mass is 215 g/mol. The van der Waals surface area contributed by atoms with E-state index in [1.54, 1.807) is 0 Å². The first kappa shape index (κ1) is 14.4. The second-order valence-corrected chi connectivity index (χ2v) is 5.36. The third kappa shape index (κ3) is 5.78. The molecule has 0 aromatic heterocycles. The molecule has 0 rings (SSSR count). The predicted molar refractivity (Wildman–Crippen MR) is 62.5 cm³/mol. The number of hydrogen-bond donors (Lipinski definition) is 1. The number of nitrogens with two attached hydrogens (primary N) is 1. The van der Waals surface area contributed by atoms with Crippen LogP contribution in [-0.2, 0) is 9.53 Å². The molecule has 0 saturated carbocycles. The Kier molecular flexibility index (Phi) is 5.29. The van der Waals surface area contributed by atoms with Gasteiger partial charge in [0, 0.05) is 12.0 Å². The number of ether oxygens (including phenoxy) is 1. The van der Waals surface area contributed by atoms with Crippen molar-refractivity contribution in [1.29, 1.82) is 0 Å². The summed E-state index contributed by atoms with van der Waals surface area (Å²) in [6.07, 6.45) is 2.81. The van der Waals surface area contributed by atoms with Crippen LogP contribution in [0.15, 0.2) is 0 Å². The maximum atomic E-state index is 11.1. The molecular weight excluding hydrogens is 190 g/mol. The van der Waals surface area contributed by atoms with E-state index in [1.165, 1.54) is 0 Å². The second kappa shape index (κ2) is 5.50. The summed E-state index contributed by atoms with van der Waals surface area (Å²) in [6, 6.07) is 0. The van der Waals surface area contributed by atoms with Crippen LogP contribution in [-0.4, -0.2) is 18.1 Å². The standard InChI is InChI=1S/C12H25NO2/c1-6-7-12(4,5)15-9-8-11(2,3)10(13)14/h6-9H2,1-5H3,(H2,13,14). The zero-order chi connectivity index (χ0) is 12.1. The van der Waals surface area contributed by atoms with Gasteiger partial charge in [0.25, 0.3) is 0 Å². The van der Waals surface area contributed by atoms with Gasteiger partial charge in [0.15, 0.2) is 0 Å². The van der Waals surface area contributed by atoms with Crippen LogP contribution in [0.2, 0.25) is 0 Å². The molecular formula is C12H25NO2. The Morgan fingerprint density at radius 2 is 1.73 bits per heavy atom. The van der Waals surface area contributed by atoms with Crippen molar-refractivity contribution in [2.75, 3.05) is 6.61 Å². The van der Waals surface area contributed by atoms with Crippen LogP contribution in [0.4, 0.5) is 0 Å². The number of primary amides is 1. The fourth-order valence-corrected chi connectivity index (χ4v) is 1.38. The molecule has 3 heteroatoms. The van der Waals surface area contributed by atoms with Gasteiger partial charge in [-0.15, -0.1) is 0 Å². The number of amides is 1. The summed E-state index contributed by atoms with van der Waals surface area (Å²) in [7, 11) is 0. The maximum Gasteiger partial charge on any atom is 0.223 e. The second-order valence-electron chi connectivity index (χ2n) is 5.36. The van der Waals surface area contributed by atoms with Crippen LogP contribution >= 0.6 is 0 Å². The van der Waals surface area contributed by atoms with E-state index < -0.39 is 5.41 Å². The first-order chi connectivity index (χ1) is 6.71. The predicted octanol–water partition coefficient (Wildman–Crippen LogP) is 2.48. The third-order valence-electron chi connectivity index (χ3n) is 2.74. The molecule has 0 aliphatic carbocycles. The van der Waals surface area contributed by atoms with E-state index in [2.05, 4.69) is 20.8 Å². The van der Waals surface area contributed by atoms with Crippen molar-refractivity contribution in [3.63, 3.8) is 0 Å². The van der Waals surface area contributed by atoms with Gasteiger partial charge in [0.1, 0.15) is 0 Å². The van der Waals surface area contributed by atoms with Crippen LogP contribution in [0.1, 0.15) is 53.9 Å². The van der Waals surface area contributed by atoms with E-state index in [-0.39, 0.29) is 11.5 Å². The summed E-state index contributed by atoms with van der Waals surface area (Å²) in [5.74, 6) is -0.264. The van der Waals surface area contributed by atoms with E-state index in [0.717, 1.165) is 12.8 Å². The molecule has 0 radical (unpaired) electrons. The van der Waals surface area contributed by atoms with Crippen molar-refractivity contribution in [1.82, 2.24) is 0 Å². The summed E-state index contributed by atoms with van der Waals surface area (Å²) in [5, 5.41) is 0. The molecule has 3 nitrogen and oxygen atoms in total. The van der Waals surface area contributed by atoms with E-state index in [0.29, 0.717) is 13.0 Å². The van der Waals surface area contributed by atoms with Gasteiger partial charge in [0.05, 0.1) is 5.60 Å². The van der Waals surface area contributed by atoms with E-state index in [1.807, 2.05) is 13.8 Å². The fraction of sp³-hybridized carbons (Fsp3) is 0.917. The maximum absolute atomic E-state index is 11.1. The molecule has 0 aromatic carbocycles. The van der Waals surface area contributed by atoms with Crippen LogP contribution < -0.4 is 5.73 Å². The fourth-order valence-electron chi connectivity index (χ4n) is 1.38.